The highest BCUT2D eigenvalue weighted by atomic mass is 32.1. The highest BCUT2D eigenvalue weighted by Crippen LogP contribution is 2.34. The van der Waals surface area contributed by atoms with Gasteiger partial charge in [-0.3, -0.25) is 0 Å². The Bertz CT molecular complexity index is 6430. The highest BCUT2D eigenvalue weighted by Gasteiger charge is 2.14. The number of thiazole rings is 4. The van der Waals surface area contributed by atoms with Crippen molar-refractivity contribution in [2.45, 2.75) is 244 Å². The molecule has 1 aliphatic rings. The molecule has 0 N–H and O–H groups in total. The molecule has 0 saturated heterocycles. The van der Waals surface area contributed by atoms with Crippen LogP contribution in [-0.2, 0) is 6.42 Å². The summed E-state index contributed by atoms with van der Waals surface area (Å²) >= 11 is 6.81. The maximum Gasteiger partial charge on any atom is 0.181 e. The number of furan rings is 4. The van der Waals surface area contributed by atoms with Crippen LogP contribution in [-0.4, -0.2) is 34.9 Å². The Labute approximate surface area is 865 Å². The lowest BCUT2D eigenvalue weighted by atomic mass is 9.99. The summed E-state index contributed by atoms with van der Waals surface area (Å²) in [4.78, 5) is 29.2. The van der Waals surface area contributed by atoms with Crippen molar-refractivity contribution in [3.63, 3.8) is 0 Å². The third-order valence-corrected chi connectivity index (χ3v) is 28.4. The van der Waals surface area contributed by atoms with Crippen LogP contribution < -0.4 is 0 Å². The zero-order valence-electron chi connectivity index (χ0n) is 87.9. The van der Waals surface area contributed by atoms with Gasteiger partial charge in [-0.05, 0) is 301 Å². The summed E-state index contributed by atoms with van der Waals surface area (Å²) in [5, 5.41) is 4.75. The van der Waals surface area contributed by atoms with E-state index in [-0.39, 0.29) is 0 Å². The lowest BCUT2D eigenvalue weighted by Gasteiger charge is -2.07. The highest BCUT2D eigenvalue weighted by molar-refractivity contribution is 7.17. The van der Waals surface area contributed by atoms with E-state index in [4.69, 9.17) is 30.9 Å². The lowest BCUT2D eigenvalue weighted by Crippen LogP contribution is -1.89. The Morgan fingerprint density at radius 1 is 0.194 bits per heavy atom. The number of oxazole rings is 3. The van der Waals surface area contributed by atoms with Crippen LogP contribution >= 0.6 is 45.3 Å². The fourth-order valence-electron chi connectivity index (χ4n) is 15.6. The largest absolute Gasteiger partial charge is 0.464 e. The summed E-state index contributed by atoms with van der Waals surface area (Å²) in [5.41, 5.74) is 40.6. The summed E-state index contributed by atoms with van der Waals surface area (Å²) in [6, 6.07) is 84.6. The number of nitrogens with zero attached hydrogens (tertiary/aromatic N) is 7. The molecule has 18 heteroatoms. The van der Waals surface area contributed by atoms with Crippen LogP contribution in [0.2, 0.25) is 0 Å². The number of allylic oxidation sites excluding steroid dienone is 1. The van der Waals surface area contributed by atoms with Gasteiger partial charge in [0.25, 0.3) is 0 Å². The van der Waals surface area contributed by atoms with E-state index >= 15 is 0 Å². The molecular formula is C126H139N7O7S4. The molecule has 0 amide bonds. The molecule has 12 aromatic carbocycles. The second kappa shape index (κ2) is 52.2. The molecule has 0 unspecified atom stereocenters. The first-order valence-corrected chi connectivity index (χ1v) is 53.8. The maximum absolute atomic E-state index is 5.31. The van der Waals surface area contributed by atoms with Crippen molar-refractivity contribution in [2.75, 3.05) is 0 Å². The number of benzene rings is 12. The van der Waals surface area contributed by atoms with E-state index in [1.807, 2.05) is 88.8 Å². The second-order valence-corrected chi connectivity index (χ2v) is 43.4. The normalized spacial score (nSPS) is 11.5. The zero-order chi connectivity index (χ0) is 103. The molecule has 24 rings (SSSR count). The van der Waals surface area contributed by atoms with E-state index in [0.29, 0.717) is 71.0 Å². The summed E-state index contributed by atoms with van der Waals surface area (Å²) in [6.45, 7) is 52.6. The van der Waals surface area contributed by atoms with Crippen LogP contribution in [0.1, 0.15) is 315 Å². The van der Waals surface area contributed by atoms with E-state index in [1.165, 1.54) is 137 Å². The minimum Gasteiger partial charge on any atom is -0.464 e. The first-order valence-electron chi connectivity index (χ1n) is 50.3. The monoisotopic (exact) mass is 1990 g/mol. The SMILES string of the molecule is CC(C)c1ccc2c(c1)C=CC2.CC(C)c1ccc2ccoc2c1.CC(C)c1ccc2ccoc2c1.CC(C)c1ccc2ncoc2c1.CC(C)c1ccc2ncoc2c1.CC(C)c1ccc2ncsc2c1.CC(C)c1ccc2ncsc2c1.CC(C)c1ccc2occc2c1.CC(C)c1ccc2occc2c1.CC(C)c1ccc2ocnc2c1.CC(C)c1ccc2scnc2c1.CC(C)c1ccc2scnc2c1. The predicted molar refractivity (Wildman–Crippen MR) is 614 cm³/mol. The third kappa shape index (κ3) is 30.3. The molecule has 1 aliphatic carbocycles. The first kappa shape index (κ1) is 108. The Balaban J connectivity index is 0.000000132. The molecule has 0 radical (unpaired) electrons. The topological polar surface area (TPSA) is 182 Å². The van der Waals surface area contributed by atoms with Crippen LogP contribution in [0, 0.1) is 0 Å². The predicted octanol–water partition coefficient (Wildman–Crippen LogP) is 40.1. The molecule has 11 aromatic heterocycles. The Morgan fingerprint density at radius 2 is 0.465 bits per heavy atom. The summed E-state index contributed by atoms with van der Waals surface area (Å²) in [7, 11) is 0. The first-order chi connectivity index (χ1) is 69.3. The van der Waals surface area contributed by atoms with Gasteiger partial charge in [-0.15, -0.1) is 45.3 Å². The molecule has 14 nitrogen and oxygen atoms in total. The molecule has 0 spiro atoms. The molecule has 11 heterocycles. The van der Waals surface area contributed by atoms with Crippen LogP contribution in [0.5, 0.6) is 0 Å². The van der Waals surface area contributed by atoms with Gasteiger partial charge in [0.05, 0.1) is 88.0 Å². The van der Waals surface area contributed by atoms with Gasteiger partial charge in [0.15, 0.2) is 35.9 Å². The van der Waals surface area contributed by atoms with Crippen molar-refractivity contribution in [3.05, 3.63) is 393 Å². The summed E-state index contributed by atoms with van der Waals surface area (Å²) < 4.78 is 41.8. The van der Waals surface area contributed by atoms with Crippen molar-refractivity contribution < 1.29 is 30.9 Å². The summed E-state index contributed by atoms with van der Waals surface area (Å²) in [5.74, 6) is 6.99. The zero-order valence-corrected chi connectivity index (χ0v) is 91.1. The van der Waals surface area contributed by atoms with Gasteiger partial charge in [-0.25, -0.2) is 34.9 Å². The minimum atomic E-state index is 0.541. The van der Waals surface area contributed by atoms with E-state index in [2.05, 4.69) is 389 Å². The smallest absolute Gasteiger partial charge is 0.181 e. The standard InChI is InChI=1S/C12H14.4C11H12O.3C10H11NO.4C10H11NS/c1-9(2)11-7-6-10-4-3-5-12(10)8-11;2*1-8(2)9-3-4-11-10(7-9)5-6-12-11;2*1-8(2)10-4-3-9-5-6-12-11(9)7-10;1-7(2)8-3-4-10-9(5-8)11-6-12-10;2*1-7(2)8-3-4-9-10(5-8)12-6-11-9;2*1-7(2)8-3-4-10-9(5-8)11-6-12-10;2*1-7(2)8-3-4-9-10(5-8)12-6-11-9/h3,5-9H,4H2,1-2H3;4*3-8H,1-2H3;7*3-7H,1-2H3. The molecule has 0 fully saturated rings. The van der Waals surface area contributed by atoms with Crippen LogP contribution in [0.3, 0.4) is 0 Å². The molecular weight excluding hydrogens is 1850 g/mol. The molecule has 0 saturated carbocycles. The Morgan fingerprint density at radius 3 is 0.854 bits per heavy atom. The molecule has 23 aromatic rings. The van der Waals surface area contributed by atoms with Gasteiger partial charge < -0.3 is 30.9 Å². The second-order valence-electron chi connectivity index (χ2n) is 39.8. The lowest BCUT2D eigenvalue weighted by molar-refractivity contribution is 0.601. The molecule has 0 aliphatic heterocycles. The average Bonchev–Trinajstić information content (AvgIpc) is 1.79. The third-order valence-electron chi connectivity index (χ3n) is 25.2. The number of hydrogen-bond acceptors (Lipinski definition) is 18. The molecule has 0 bridgehead atoms. The molecule has 0 atom stereocenters. The van der Waals surface area contributed by atoms with Crippen molar-refractivity contribution in [1.29, 1.82) is 0 Å². The van der Waals surface area contributed by atoms with E-state index < -0.39 is 0 Å². The average molecular weight is 1990 g/mol. The van der Waals surface area contributed by atoms with Crippen molar-refractivity contribution in [3.8, 4) is 0 Å². The Hall–Kier alpha value is -13.5. The van der Waals surface area contributed by atoms with Crippen LogP contribution in [0.25, 0.3) is 124 Å². The molecule has 144 heavy (non-hydrogen) atoms. The van der Waals surface area contributed by atoms with Crippen LogP contribution in [0.4, 0.5) is 0 Å². The number of rotatable bonds is 12. The maximum atomic E-state index is 5.31. The van der Waals surface area contributed by atoms with Gasteiger partial charge in [0.2, 0.25) is 0 Å². The molecule has 744 valence electrons. The van der Waals surface area contributed by atoms with Gasteiger partial charge in [-0.2, -0.15) is 0 Å². The van der Waals surface area contributed by atoms with Gasteiger partial charge in [-0.1, -0.05) is 275 Å². The quantitative estimate of drug-likeness (QED) is 0.113. The van der Waals surface area contributed by atoms with Crippen molar-refractivity contribution >= 4 is 169 Å². The van der Waals surface area contributed by atoms with E-state index in [0.717, 1.165) is 84.1 Å². The van der Waals surface area contributed by atoms with Crippen molar-refractivity contribution in [2.24, 2.45) is 0 Å². The van der Waals surface area contributed by atoms with Crippen molar-refractivity contribution in [1.82, 2.24) is 34.9 Å². The Kier molecular flexibility index (Phi) is 39.0. The fraction of sp³-hybridized carbons (Fsp3) is 0.294. The number of fused-ring (bicyclic) bond motifs is 12. The van der Waals surface area contributed by atoms with Gasteiger partial charge >= 0.3 is 0 Å². The van der Waals surface area contributed by atoms with E-state index in [1.54, 1.807) is 70.4 Å². The number of hydrogen-bond donors (Lipinski definition) is 0. The fourth-order valence-corrected chi connectivity index (χ4v) is 18.4. The van der Waals surface area contributed by atoms with E-state index in [9.17, 15) is 0 Å². The number of aromatic nitrogens is 7. The van der Waals surface area contributed by atoms with Gasteiger partial charge in [0.1, 0.15) is 38.9 Å². The summed E-state index contributed by atoms with van der Waals surface area (Å²) in [6.07, 6.45) is 16.9. The van der Waals surface area contributed by atoms with Gasteiger partial charge in [0, 0.05) is 21.5 Å². The minimum absolute atomic E-state index is 0.541. The van der Waals surface area contributed by atoms with Crippen LogP contribution in [0.15, 0.2) is 346 Å².